The van der Waals surface area contributed by atoms with Gasteiger partial charge in [-0.25, -0.2) is 13.6 Å². The molecular weight excluding hydrogens is 286 g/mol. The molecule has 0 aliphatic heterocycles. The minimum absolute atomic E-state index is 0.0487. The molecule has 20 heavy (non-hydrogen) atoms. The van der Waals surface area contributed by atoms with Crippen LogP contribution in [0, 0.1) is 11.6 Å². The average Bonchev–Trinajstić information content (AvgIpc) is 2.41. The van der Waals surface area contributed by atoms with Gasteiger partial charge in [0.05, 0.1) is 22.1 Å². The maximum Gasteiger partial charge on any atom is 0.335 e. The van der Waals surface area contributed by atoms with E-state index < -0.39 is 28.4 Å². The molecule has 0 heterocycles. The fraction of sp³-hybridized carbons (Fsp3) is 0.0714. The van der Waals surface area contributed by atoms with Crippen molar-refractivity contribution < 1.29 is 22.9 Å². The van der Waals surface area contributed by atoms with Gasteiger partial charge in [0, 0.05) is 10.5 Å². The second-order valence-corrected chi connectivity index (χ2v) is 5.51. The van der Waals surface area contributed by atoms with Crippen molar-refractivity contribution in [1.82, 2.24) is 0 Å². The van der Waals surface area contributed by atoms with Crippen LogP contribution in [0.1, 0.15) is 15.9 Å². The minimum Gasteiger partial charge on any atom is -0.478 e. The Morgan fingerprint density at radius 2 is 1.75 bits per heavy atom. The highest BCUT2D eigenvalue weighted by Gasteiger charge is 2.12. The summed E-state index contributed by atoms with van der Waals surface area (Å²) in [6.45, 7) is 0. The van der Waals surface area contributed by atoms with E-state index in [1.165, 1.54) is 12.1 Å². The fourth-order valence-electron chi connectivity index (χ4n) is 1.63. The topological polar surface area (TPSA) is 54.4 Å². The molecule has 0 fully saturated rings. The Labute approximate surface area is 116 Å². The summed E-state index contributed by atoms with van der Waals surface area (Å²) in [6.07, 6.45) is 0. The van der Waals surface area contributed by atoms with E-state index in [9.17, 15) is 17.8 Å². The number of hydrogen-bond acceptors (Lipinski definition) is 2. The zero-order valence-corrected chi connectivity index (χ0v) is 11.0. The maximum absolute atomic E-state index is 13.6. The van der Waals surface area contributed by atoms with Crippen LogP contribution in [-0.2, 0) is 16.6 Å². The van der Waals surface area contributed by atoms with Crippen LogP contribution in [0.3, 0.4) is 0 Å². The molecule has 2 aromatic carbocycles. The lowest BCUT2D eigenvalue weighted by atomic mass is 10.1. The van der Waals surface area contributed by atoms with E-state index in [1.54, 1.807) is 0 Å². The molecule has 1 N–H and O–H groups in total. The third-order valence-electron chi connectivity index (χ3n) is 2.66. The van der Waals surface area contributed by atoms with Crippen LogP contribution in [0.15, 0.2) is 47.4 Å². The quantitative estimate of drug-likeness (QED) is 0.943. The second-order valence-electron chi connectivity index (χ2n) is 4.06. The van der Waals surface area contributed by atoms with Crippen LogP contribution in [0.5, 0.6) is 0 Å². The number of carboxylic acid groups (broad SMARTS) is 1. The summed E-state index contributed by atoms with van der Waals surface area (Å²) in [5.41, 5.74) is -0.0231. The Bertz CT molecular complexity index is 669. The molecule has 0 bridgehead atoms. The lowest BCUT2D eigenvalue weighted by Crippen LogP contribution is -2.03. The Kier molecular flexibility index (Phi) is 4.24. The highest BCUT2D eigenvalue weighted by molar-refractivity contribution is 7.84. The first kappa shape index (κ1) is 14.3. The number of hydrogen-bond donors (Lipinski definition) is 1. The van der Waals surface area contributed by atoms with Crippen LogP contribution in [0.25, 0.3) is 0 Å². The molecule has 0 aliphatic carbocycles. The van der Waals surface area contributed by atoms with Crippen molar-refractivity contribution >= 4 is 16.8 Å². The molecule has 1 atom stereocenters. The molecule has 0 amide bonds. The van der Waals surface area contributed by atoms with E-state index in [0.717, 1.165) is 30.3 Å². The second kappa shape index (κ2) is 5.92. The van der Waals surface area contributed by atoms with Crippen molar-refractivity contribution in [2.45, 2.75) is 10.6 Å². The Balaban J connectivity index is 2.25. The molecule has 0 spiro atoms. The Morgan fingerprint density at radius 3 is 2.35 bits per heavy atom. The van der Waals surface area contributed by atoms with Crippen LogP contribution < -0.4 is 0 Å². The fourth-order valence-corrected chi connectivity index (χ4v) is 2.74. The first-order chi connectivity index (χ1) is 9.47. The summed E-state index contributed by atoms with van der Waals surface area (Å²) in [6, 6.07) is 8.35. The van der Waals surface area contributed by atoms with Crippen molar-refractivity contribution in [3.8, 4) is 0 Å². The van der Waals surface area contributed by atoms with E-state index >= 15 is 0 Å². The first-order valence-corrected chi connectivity index (χ1v) is 6.95. The summed E-state index contributed by atoms with van der Waals surface area (Å²) in [5.74, 6) is -2.42. The normalized spacial score (nSPS) is 12.1. The van der Waals surface area contributed by atoms with Gasteiger partial charge >= 0.3 is 5.97 Å². The summed E-state index contributed by atoms with van der Waals surface area (Å²) in [5, 5.41) is 8.84. The number of benzene rings is 2. The van der Waals surface area contributed by atoms with E-state index in [2.05, 4.69) is 0 Å². The lowest BCUT2D eigenvalue weighted by Gasteiger charge is -2.05. The number of aromatic carboxylic acids is 1. The van der Waals surface area contributed by atoms with Gasteiger partial charge in [-0.1, -0.05) is 0 Å². The lowest BCUT2D eigenvalue weighted by molar-refractivity contribution is 0.0696. The predicted octanol–water partition coefficient (Wildman–Crippen LogP) is 2.97. The summed E-state index contributed by atoms with van der Waals surface area (Å²) in [4.78, 5) is 11.2. The van der Waals surface area contributed by atoms with Crippen molar-refractivity contribution in [2.75, 3.05) is 0 Å². The van der Waals surface area contributed by atoms with Crippen molar-refractivity contribution in [3.63, 3.8) is 0 Å². The van der Waals surface area contributed by atoms with E-state index in [1.807, 2.05) is 0 Å². The molecule has 0 saturated heterocycles. The number of carbonyl (C=O) groups is 1. The zero-order valence-electron chi connectivity index (χ0n) is 10.2. The first-order valence-electron chi connectivity index (χ1n) is 5.63. The summed E-state index contributed by atoms with van der Waals surface area (Å²) in [7, 11) is -1.57. The molecule has 2 rings (SSSR count). The van der Waals surface area contributed by atoms with Crippen LogP contribution in [0.4, 0.5) is 8.78 Å². The molecule has 104 valence electrons. The number of halogens is 2. The van der Waals surface area contributed by atoms with Crippen LogP contribution >= 0.6 is 0 Å². The van der Waals surface area contributed by atoms with Crippen LogP contribution in [-0.4, -0.2) is 15.3 Å². The highest BCUT2D eigenvalue weighted by Crippen LogP contribution is 2.17. The smallest absolute Gasteiger partial charge is 0.335 e. The van der Waals surface area contributed by atoms with E-state index in [0.29, 0.717) is 4.90 Å². The highest BCUT2D eigenvalue weighted by atomic mass is 32.2. The van der Waals surface area contributed by atoms with Crippen molar-refractivity contribution in [1.29, 1.82) is 0 Å². The average molecular weight is 296 g/mol. The van der Waals surface area contributed by atoms with Gasteiger partial charge in [0.2, 0.25) is 0 Å². The predicted molar refractivity (Wildman–Crippen MR) is 69.9 cm³/mol. The molecule has 6 heteroatoms. The zero-order chi connectivity index (χ0) is 14.7. The number of rotatable bonds is 4. The molecule has 1 unspecified atom stereocenters. The van der Waals surface area contributed by atoms with Gasteiger partial charge in [-0.05, 0) is 42.5 Å². The molecule has 0 aromatic heterocycles. The SMILES string of the molecule is O=C(O)c1ccc(F)c(CS(=O)c2ccc(F)cc2)c1. The number of carboxylic acids is 1. The molecular formula is C14H10F2O3S. The standard InChI is InChI=1S/C14H10F2O3S/c15-11-2-4-12(5-3-11)20(19)8-10-7-9(14(17)18)1-6-13(10)16/h1-7H,8H2,(H,17,18). The van der Waals surface area contributed by atoms with E-state index in [4.69, 9.17) is 5.11 Å². The van der Waals surface area contributed by atoms with Gasteiger partial charge in [0.1, 0.15) is 11.6 Å². The third-order valence-corrected chi connectivity index (χ3v) is 4.03. The molecule has 0 aliphatic rings. The van der Waals surface area contributed by atoms with Gasteiger partial charge in [0.15, 0.2) is 0 Å². The third kappa shape index (κ3) is 3.27. The van der Waals surface area contributed by atoms with Gasteiger partial charge in [-0.15, -0.1) is 0 Å². The van der Waals surface area contributed by atoms with Crippen LogP contribution in [0.2, 0.25) is 0 Å². The monoisotopic (exact) mass is 296 g/mol. The largest absolute Gasteiger partial charge is 0.478 e. The summed E-state index contributed by atoms with van der Waals surface area (Å²) >= 11 is 0. The molecule has 3 nitrogen and oxygen atoms in total. The Morgan fingerprint density at radius 1 is 1.10 bits per heavy atom. The summed E-state index contributed by atoms with van der Waals surface area (Å²) < 4.78 is 38.4. The van der Waals surface area contributed by atoms with Crippen molar-refractivity contribution in [3.05, 3.63) is 65.2 Å². The van der Waals surface area contributed by atoms with Gasteiger partial charge in [-0.3, -0.25) is 4.21 Å². The Hall–Kier alpha value is -2.08. The van der Waals surface area contributed by atoms with E-state index in [-0.39, 0.29) is 16.9 Å². The maximum atomic E-state index is 13.6. The van der Waals surface area contributed by atoms with Gasteiger partial charge < -0.3 is 5.11 Å². The van der Waals surface area contributed by atoms with Crippen molar-refractivity contribution in [2.24, 2.45) is 0 Å². The van der Waals surface area contributed by atoms with Gasteiger partial charge in [-0.2, -0.15) is 0 Å². The minimum atomic E-state index is -1.57. The molecule has 0 saturated carbocycles. The molecule has 2 aromatic rings. The van der Waals surface area contributed by atoms with Gasteiger partial charge in [0.25, 0.3) is 0 Å². The molecule has 0 radical (unpaired) electrons.